The Morgan fingerprint density at radius 3 is 2.57 bits per heavy atom. The fourth-order valence-corrected chi connectivity index (χ4v) is 2.91. The van der Waals surface area contributed by atoms with Crippen molar-refractivity contribution in [3.63, 3.8) is 0 Å². The van der Waals surface area contributed by atoms with Crippen molar-refractivity contribution in [3.8, 4) is 0 Å². The van der Waals surface area contributed by atoms with E-state index < -0.39 is 11.6 Å². The molecule has 1 aromatic rings. The Morgan fingerprint density at radius 1 is 1.29 bits per heavy atom. The lowest BCUT2D eigenvalue weighted by Crippen LogP contribution is -2.67. The molecule has 4 nitrogen and oxygen atoms in total. The van der Waals surface area contributed by atoms with Gasteiger partial charge in [-0.1, -0.05) is 42.3 Å². The third-order valence-electron chi connectivity index (χ3n) is 3.67. The molecule has 1 unspecified atom stereocenters. The maximum atomic E-state index is 12.6. The van der Waals surface area contributed by atoms with E-state index in [4.69, 9.17) is 23.2 Å². The van der Waals surface area contributed by atoms with Crippen molar-refractivity contribution in [1.82, 2.24) is 10.2 Å². The van der Waals surface area contributed by atoms with E-state index in [1.54, 1.807) is 30.9 Å². The summed E-state index contributed by atoms with van der Waals surface area (Å²) in [7, 11) is 0. The maximum Gasteiger partial charge on any atom is 0.248 e. The molecule has 0 saturated carbocycles. The second-order valence-electron chi connectivity index (χ2n) is 5.68. The number of carbonyl (C=O) groups excluding carboxylic acids is 2. The van der Waals surface area contributed by atoms with Gasteiger partial charge in [0.15, 0.2) is 0 Å². The highest BCUT2D eigenvalue weighted by Gasteiger charge is 2.44. The van der Waals surface area contributed by atoms with Crippen LogP contribution < -0.4 is 5.32 Å². The van der Waals surface area contributed by atoms with Gasteiger partial charge >= 0.3 is 0 Å². The Balaban J connectivity index is 2.36. The average molecular weight is 329 g/mol. The van der Waals surface area contributed by atoms with Gasteiger partial charge in [-0.15, -0.1) is 0 Å². The van der Waals surface area contributed by atoms with Crippen LogP contribution in [0.25, 0.3) is 0 Å². The molecule has 2 amide bonds. The van der Waals surface area contributed by atoms with Gasteiger partial charge in [0.1, 0.15) is 11.6 Å². The second-order valence-corrected chi connectivity index (χ2v) is 6.47. The number of nitrogens with zero attached hydrogens (tertiary/aromatic N) is 1. The summed E-state index contributed by atoms with van der Waals surface area (Å²) in [6.45, 7) is 5.55. The Hall–Kier alpha value is -1.26. The molecular formula is C15H18Cl2N2O2. The summed E-state index contributed by atoms with van der Waals surface area (Å²) in [5, 5.41) is 3.62. The number of hydrogen-bond donors (Lipinski definition) is 1. The third-order valence-corrected chi connectivity index (χ3v) is 4.53. The van der Waals surface area contributed by atoms with Crippen molar-refractivity contribution in [2.45, 2.75) is 45.3 Å². The number of carbonyl (C=O) groups is 2. The van der Waals surface area contributed by atoms with Gasteiger partial charge in [-0.2, -0.15) is 0 Å². The molecule has 114 valence electrons. The topological polar surface area (TPSA) is 49.4 Å². The molecule has 1 N–H and O–H groups in total. The van der Waals surface area contributed by atoms with Crippen LogP contribution in [0.5, 0.6) is 0 Å². The predicted octanol–water partition coefficient (Wildman–Crippen LogP) is 3.01. The molecule has 1 atom stereocenters. The second kappa shape index (κ2) is 5.85. The van der Waals surface area contributed by atoms with Gasteiger partial charge in [0, 0.05) is 6.54 Å². The number of rotatable bonds is 3. The largest absolute Gasteiger partial charge is 0.340 e. The lowest BCUT2D eigenvalue weighted by molar-refractivity contribution is -0.154. The summed E-state index contributed by atoms with van der Waals surface area (Å²) in [5.74, 6) is -0.259. The highest BCUT2D eigenvalue weighted by atomic mass is 35.5. The van der Waals surface area contributed by atoms with Crippen LogP contribution in [0.15, 0.2) is 18.2 Å². The Morgan fingerprint density at radius 2 is 1.95 bits per heavy atom. The smallest absolute Gasteiger partial charge is 0.248 e. The van der Waals surface area contributed by atoms with E-state index >= 15 is 0 Å². The molecule has 0 spiro atoms. The fraction of sp³-hybridized carbons (Fsp3) is 0.467. The monoisotopic (exact) mass is 328 g/mol. The van der Waals surface area contributed by atoms with Crippen molar-refractivity contribution < 1.29 is 9.59 Å². The van der Waals surface area contributed by atoms with Crippen molar-refractivity contribution in [3.05, 3.63) is 33.8 Å². The number of hydrogen-bond acceptors (Lipinski definition) is 2. The molecule has 1 aliphatic rings. The molecule has 1 aromatic carbocycles. The molecule has 1 fully saturated rings. The minimum Gasteiger partial charge on any atom is -0.340 e. The van der Waals surface area contributed by atoms with Crippen LogP contribution in [0.1, 0.15) is 32.8 Å². The number of benzene rings is 1. The SMILES string of the molecule is CCC1C(=O)NC(C)(C)C(=O)N1Cc1cccc(Cl)c1Cl. The molecule has 21 heavy (non-hydrogen) atoms. The highest BCUT2D eigenvalue weighted by Crippen LogP contribution is 2.29. The Bertz CT molecular complexity index is 587. The van der Waals surface area contributed by atoms with Gasteiger partial charge in [0.25, 0.3) is 0 Å². The van der Waals surface area contributed by atoms with Gasteiger partial charge in [-0.3, -0.25) is 9.59 Å². The minimum atomic E-state index is -0.909. The molecule has 6 heteroatoms. The van der Waals surface area contributed by atoms with Gasteiger partial charge in [0.2, 0.25) is 11.8 Å². The first-order chi connectivity index (χ1) is 9.77. The first-order valence-electron chi connectivity index (χ1n) is 6.84. The van der Waals surface area contributed by atoms with E-state index in [1.807, 2.05) is 13.0 Å². The van der Waals surface area contributed by atoms with Gasteiger partial charge < -0.3 is 10.2 Å². The van der Waals surface area contributed by atoms with Crippen LogP contribution in [-0.2, 0) is 16.1 Å². The lowest BCUT2D eigenvalue weighted by atomic mass is 9.95. The molecule has 0 aromatic heterocycles. The maximum absolute atomic E-state index is 12.6. The summed E-state index contributed by atoms with van der Waals surface area (Å²) in [4.78, 5) is 26.4. The summed E-state index contributed by atoms with van der Waals surface area (Å²) in [5.41, 5.74) is -0.171. The molecule has 1 saturated heterocycles. The van der Waals surface area contributed by atoms with E-state index in [0.717, 1.165) is 5.56 Å². The molecule has 0 bridgehead atoms. The van der Waals surface area contributed by atoms with Gasteiger partial charge in [-0.05, 0) is 31.9 Å². The van der Waals surface area contributed by atoms with Crippen molar-refractivity contribution in [1.29, 1.82) is 0 Å². The van der Waals surface area contributed by atoms with Crippen molar-refractivity contribution in [2.75, 3.05) is 0 Å². The molecule has 0 aliphatic carbocycles. The van der Waals surface area contributed by atoms with Crippen LogP contribution >= 0.6 is 23.2 Å². The summed E-state index contributed by atoms with van der Waals surface area (Å²) < 4.78 is 0. The average Bonchev–Trinajstić information content (AvgIpc) is 2.40. The van der Waals surface area contributed by atoms with Crippen molar-refractivity contribution >= 4 is 35.0 Å². The van der Waals surface area contributed by atoms with Crippen molar-refractivity contribution in [2.24, 2.45) is 0 Å². The number of amides is 2. The first kappa shape index (κ1) is 16.1. The molecular weight excluding hydrogens is 311 g/mol. The zero-order chi connectivity index (χ0) is 15.8. The number of halogens is 2. The van der Waals surface area contributed by atoms with Crippen LogP contribution in [0.3, 0.4) is 0 Å². The van der Waals surface area contributed by atoms with Crippen LogP contribution in [0.4, 0.5) is 0 Å². The van der Waals surface area contributed by atoms with E-state index in [1.165, 1.54) is 0 Å². The number of piperazine rings is 1. The summed E-state index contributed by atoms with van der Waals surface area (Å²) in [6, 6.07) is 4.80. The standard InChI is InChI=1S/C15H18Cl2N2O2/c1-4-11-13(20)18-15(2,3)14(21)19(11)8-9-6-5-7-10(16)12(9)17/h5-7,11H,4,8H2,1-3H3,(H,18,20). The summed E-state index contributed by atoms with van der Waals surface area (Å²) in [6.07, 6.45) is 0.547. The third kappa shape index (κ3) is 3.01. The molecule has 1 aliphatic heterocycles. The zero-order valence-corrected chi connectivity index (χ0v) is 13.8. The predicted molar refractivity (Wildman–Crippen MR) is 83.3 cm³/mol. The van der Waals surface area contributed by atoms with E-state index in [0.29, 0.717) is 16.5 Å². The molecule has 2 rings (SSSR count). The zero-order valence-electron chi connectivity index (χ0n) is 12.2. The van der Waals surface area contributed by atoms with E-state index in [-0.39, 0.29) is 18.4 Å². The summed E-state index contributed by atoms with van der Waals surface area (Å²) >= 11 is 12.2. The van der Waals surface area contributed by atoms with Gasteiger partial charge in [-0.25, -0.2) is 0 Å². The van der Waals surface area contributed by atoms with Crippen LogP contribution in [0, 0.1) is 0 Å². The van der Waals surface area contributed by atoms with E-state index in [9.17, 15) is 9.59 Å². The minimum absolute atomic E-state index is 0.120. The number of nitrogens with one attached hydrogen (secondary N) is 1. The first-order valence-corrected chi connectivity index (χ1v) is 7.59. The highest BCUT2D eigenvalue weighted by molar-refractivity contribution is 6.42. The fourth-order valence-electron chi connectivity index (χ4n) is 2.53. The molecule has 1 heterocycles. The van der Waals surface area contributed by atoms with Crippen LogP contribution in [0.2, 0.25) is 10.0 Å². The normalized spacial score (nSPS) is 21.4. The molecule has 0 radical (unpaired) electrons. The lowest BCUT2D eigenvalue weighted by Gasteiger charge is -2.42. The quantitative estimate of drug-likeness (QED) is 0.927. The van der Waals surface area contributed by atoms with Crippen LogP contribution in [-0.4, -0.2) is 28.3 Å². The Kier molecular flexibility index (Phi) is 4.49. The van der Waals surface area contributed by atoms with E-state index in [2.05, 4.69) is 5.32 Å². The Labute approximate surface area is 134 Å². The van der Waals surface area contributed by atoms with Gasteiger partial charge in [0.05, 0.1) is 10.0 Å².